The number of H-pyrrole nitrogens is 1. The van der Waals surface area contributed by atoms with Gasteiger partial charge in [-0.1, -0.05) is 25.4 Å². The van der Waals surface area contributed by atoms with E-state index in [0.29, 0.717) is 28.2 Å². The Morgan fingerprint density at radius 3 is 2.77 bits per heavy atom. The number of hydrogen-bond acceptors (Lipinski definition) is 4. The van der Waals surface area contributed by atoms with Crippen LogP contribution in [0.1, 0.15) is 25.0 Å². The highest BCUT2D eigenvalue weighted by Crippen LogP contribution is 2.22. The second kappa shape index (κ2) is 10.6. The third-order valence-corrected chi connectivity index (χ3v) is 6.11. The summed E-state index contributed by atoms with van der Waals surface area (Å²) < 4.78 is 5.44. The van der Waals surface area contributed by atoms with Gasteiger partial charge in [-0.3, -0.25) is 9.69 Å². The van der Waals surface area contributed by atoms with Crippen molar-refractivity contribution >= 4 is 39.8 Å². The average Bonchev–Trinajstić information content (AvgIpc) is 2.71. The van der Waals surface area contributed by atoms with Crippen LogP contribution in [0.4, 0.5) is 0 Å². The molecule has 0 amide bonds. The Balaban J connectivity index is 1.79. The first kappa shape index (κ1) is 23.0. The van der Waals surface area contributed by atoms with Crippen molar-refractivity contribution in [1.82, 2.24) is 20.1 Å². The summed E-state index contributed by atoms with van der Waals surface area (Å²) in [6, 6.07) is 5.76. The maximum Gasteiger partial charge on any atom is 0.253 e. The van der Waals surface area contributed by atoms with Gasteiger partial charge in [0.15, 0.2) is 5.11 Å². The Morgan fingerprint density at radius 1 is 1.33 bits per heavy atom. The maximum absolute atomic E-state index is 12.7. The van der Waals surface area contributed by atoms with Gasteiger partial charge in [0.25, 0.3) is 5.56 Å². The molecule has 0 saturated carbocycles. The number of thiocarbonyl (C=S) groups is 1. The van der Waals surface area contributed by atoms with Crippen molar-refractivity contribution in [3.8, 4) is 0 Å². The van der Waals surface area contributed by atoms with Gasteiger partial charge in [-0.25, -0.2) is 0 Å². The zero-order valence-electron chi connectivity index (χ0n) is 18.0. The zero-order chi connectivity index (χ0) is 21.7. The first-order valence-corrected chi connectivity index (χ1v) is 11.3. The van der Waals surface area contributed by atoms with Gasteiger partial charge in [-0.2, -0.15) is 0 Å². The number of morpholine rings is 1. The van der Waals surface area contributed by atoms with Gasteiger partial charge in [0, 0.05) is 48.8 Å². The average molecular weight is 451 g/mol. The van der Waals surface area contributed by atoms with Crippen molar-refractivity contribution in [1.29, 1.82) is 0 Å². The molecule has 1 aliphatic rings. The van der Waals surface area contributed by atoms with E-state index in [2.05, 4.69) is 33.9 Å². The van der Waals surface area contributed by atoms with Crippen molar-refractivity contribution in [3.05, 3.63) is 44.7 Å². The quantitative estimate of drug-likeness (QED) is 0.632. The van der Waals surface area contributed by atoms with Gasteiger partial charge in [0.1, 0.15) is 0 Å². The third-order valence-electron chi connectivity index (χ3n) is 5.30. The minimum Gasteiger partial charge on any atom is -0.379 e. The first-order chi connectivity index (χ1) is 14.3. The summed E-state index contributed by atoms with van der Waals surface area (Å²) >= 11 is 11.9. The molecule has 6 nitrogen and oxygen atoms in total. The van der Waals surface area contributed by atoms with Gasteiger partial charge in [0.05, 0.1) is 19.8 Å². The summed E-state index contributed by atoms with van der Waals surface area (Å²) in [5.41, 5.74) is 2.32. The second-order valence-electron chi connectivity index (χ2n) is 8.27. The first-order valence-electron chi connectivity index (χ1n) is 10.5. The summed E-state index contributed by atoms with van der Waals surface area (Å²) in [4.78, 5) is 20.2. The fourth-order valence-electron chi connectivity index (χ4n) is 3.45. The van der Waals surface area contributed by atoms with Crippen LogP contribution in [-0.4, -0.2) is 65.8 Å². The molecule has 0 atom stereocenters. The summed E-state index contributed by atoms with van der Waals surface area (Å²) in [6.07, 6.45) is 0. The predicted octanol–water partition coefficient (Wildman–Crippen LogP) is 3.15. The number of fused-ring (bicyclic) bond motifs is 1. The number of hydrogen-bond donors (Lipinski definition) is 2. The zero-order valence-corrected chi connectivity index (χ0v) is 19.5. The summed E-state index contributed by atoms with van der Waals surface area (Å²) in [5.74, 6) is 0.487. The molecular weight excluding hydrogens is 420 g/mol. The van der Waals surface area contributed by atoms with Crippen molar-refractivity contribution in [3.63, 3.8) is 0 Å². The van der Waals surface area contributed by atoms with Crippen LogP contribution in [-0.2, 0) is 11.3 Å². The van der Waals surface area contributed by atoms with Gasteiger partial charge in [-0.15, -0.1) is 0 Å². The van der Waals surface area contributed by atoms with Crippen LogP contribution in [0.5, 0.6) is 0 Å². The SMILES string of the molecule is Cc1cc2cc(CN(CCN3CCOCC3)C(=S)NCC(C)C)c(=O)[nH]c2cc1Cl. The van der Waals surface area contributed by atoms with E-state index in [9.17, 15) is 4.79 Å². The van der Waals surface area contributed by atoms with Crippen molar-refractivity contribution in [2.75, 3.05) is 45.9 Å². The van der Waals surface area contributed by atoms with E-state index in [4.69, 9.17) is 28.6 Å². The third kappa shape index (κ3) is 6.17. The van der Waals surface area contributed by atoms with Gasteiger partial charge in [-0.05, 0) is 54.2 Å². The molecule has 3 rings (SSSR count). The van der Waals surface area contributed by atoms with E-state index in [1.54, 1.807) is 0 Å². The van der Waals surface area contributed by atoms with E-state index in [1.807, 2.05) is 25.1 Å². The van der Waals surface area contributed by atoms with Crippen molar-refractivity contribution < 1.29 is 4.74 Å². The maximum atomic E-state index is 12.7. The molecule has 164 valence electrons. The highest BCUT2D eigenvalue weighted by molar-refractivity contribution is 7.80. The summed E-state index contributed by atoms with van der Waals surface area (Å²) in [5, 5.41) is 5.65. The molecule has 0 radical (unpaired) electrons. The molecule has 0 unspecified atom stereocenters. The number of rotatable bonds is 7. The van der Waals surface area contributed by atoms with Crippen LogP contribution in [0.25, 0.3) is 10.9 Å². The summed E-state index contributed by atoms with van der Waals surface area (Å²) in [6.45, 7) is 12.5. The van der Waals surface area contributed by atoms with Gasteiger partial charge in [0.2, 0.25) is 0 Å². The highest BCUT2D eigenvalue weighted by Gasteiger charge is 2.17. The number of halogens is 1. The number of ether oxygens (including phenoxy) is 1. The Labute approximate surface area is 188 Å². The Kier molecular flexibility index (Phi) is 8.11. The second-order valence-corrected chi connectivity index (χ2v) is 9.06. The van der Waals surface area contributed by atoms with Crippen molar-refractivity contribution in [2.24, 2.45) is 5.92 Å². The molecule has 0 aliphatic carbocycles. The fourth-order valence-corrected chi connectivity index (χ4v) is 3.86. The fraction of sp³-hybridized carbons (Fsp3) is 0.545. The molecule has 8 heteroatoms. The monoisotopic (exact) mass is 450 g/mol. The van der Waals surface area contributed by atoms with Gasteiger partial charge < -0.3 is 19.9 Å². The lowest BCUT2D eigenvalue weighted by Crippen LogP contribution is -2.46. The highest BCUT2D eigenvalue weighted by atomic mass is 35.5. The minimum atomic E-state index is -0.106. The lowest BCUT2D eigenvalue weighted by molar-refractivity contribution is 0.0357. The molecule has 2 aromatic rings. The van der Waals surface area contributed by atoms with E-state index < -0.39 is 0 Å². The van der Waals surface area contributed by atoms with E-state index >= 15 is 0 Å². The van der Waals surface area contributed by atoms with E-state index in [-0.39, 0.29) is 5.56 Å². The Bertz CT molecular complexity index is 941. The van der Waals surface area contributed by atoms with Crippen LogP contribution < -0.4 is 10.9 Å². The van der Waals surface area contributed by atoms with Crippen LogP contribution in [0.2, 0.25) is 5.02 Å². The number of aromatic amines is 1. The van der Waals surface area contributed by atoms with Crippen LogP contribution in [0.3, 0.4) is 0 Å². The molecule has 1 fully saturated rings. The Morgan fingerprint density at radius 2 is 2.07 bits per heavy atom. The molecule has 1 saturated heterocycles. The largest absolute Gasteiger partial charge is 0.379 e. The molecule has 1 aromatic carbocycles. The Hall–Kier alpha value is -1.67. The lowest BCUT2D eigenvalue weighted by Gasteiger charge is -2.31. The number of nitrogens with one attached hydrogen (secondary N) is 2. The topological polar surface area (TPSA) is 60.6 Å². The number of benzene rings is 1. The lowest BCUT2D eigenvalue weighted by atomic mass is 10.1. The molecular formula is C22H31ClN4O2S. The minimum absolute atomic E-state index is 0.106. The molecule has 30 heavy (non-hydrogen) atoms. The number of nitrogens with zero attached hydrogens (tertiary/aromatic N) is 2. The van der Waals surface area contributed by atoms with Gasteiger partial charge >= 0.3 is 0 Å². The van der Waals surface area contributed by atoms with Crippen LogP contribution in [0, 0.1) is 12.8 Å². The number of aryl methyl sites for hydroxylation is 1. The van der Waals surface area contributed by atoms with Crippen LogP contribution in [0.15, 0.2) is 23.0 Å². The van der Waals surface area contributed by atoms with E-state index in [1.165, 1.54) is 0 Å². The van der Waals surface area contributed by atoms with Crippen molar-refractivity contribution in [2.45, 2.75) is 27.3 Å². The standard InChI is InChI=1S/C22H31ClN4O2S/c1-15(2)13-24-22(30)27(5-4-26-6-8-29-9-7-26)14-18-11-17-10-16(3)19(23)12-20(17)25-21(18)28/h10-12,15H,4-9,13-14H2,1-3H3,(H,24,30)(H,25,28). The number of aromatic nitrogens is 1. The number of pyridine rings is 1. The smallest absolute Gasteiger partial charge is 0.253 e. The summed E-state index contributed by atoms with van der Waals surface area (Å²) in [7, 11) is 0. The molecule has 0 spiro atoms. The molecule has 2 heterocycles. The molecule has 2 N–H and O–H groups in total. The van der Waals surface area contributed by atoms with E-state index in [0.717, 1.165) is 62.4 Å². The predicted molar refractivity (Wildman–Crippen MR) is 127 cm³/mol. The van der Waals surface area contributed by atoms with Crippen LogP contribution >= 0.6 is 23.8 Å². The molecule has 1 aliphatic heterocycles. The molecule has 0 bridgehead atoms. The normalized spacial score (nSPS) is 15.0. The molecule has 1 aromatic heterocycles.